The molecule has 3 nitrogen and oxygen atoms in total. The lowest BCUT2D eigenvalue weighted by Gasteiger charge is -2.24. The third-order valence-corrected chi connectivity index (χ3v) is 5.53. The number of rotatable bonds is 3. The van der Waals surface area contributed by atoms with Gasteiger partial charge in [-0.25, -0.2) is 0 Å². The van der Waals surface area contributed by atoms with Crippen LogP contribution in [-0.4, -0.2) is 24.0 Å². The molecule has 1 aliphatic heterocycles. The molecule has 5 unspecified atom stereocenters. The van der Waals surface area contributed by atoms with E-state index in [1.807, 2.05) is 6.07 Å². The van der Waals surface area contributed by atoms with Gasteiger partial charge < -0.3 is 10.6 Å². The van der Waals surface area contributed by atoms with Crippen LogP contribution in [0.25, 0.3) is 0 Å². The summed E-state index contributed by atoms with van der Waals surface area (Å²) in [5.74, 6) is 1.49. The van der Waals surface area contributed by atoms with Crippen LogP contribution in [0.1, 0.15) is 50.0 Å². The molecule has 2 N–H and O–H groups in total. The zero-order chi connectivity index (χ0) is 14.2. The second kappa shape index (κ2) is 6.59. The summed E-state index contributed by atoms with van der Waals surface area (Å²) in [4.78, 5) is 12.4. The molecule has 120 valence electrons. The monoisotopic (exact) mass is 320 g/mol. The van der Waals surface area contributed by atoms with Crippen LogP contribution in [-0.2, 0) is 4.79 Å². The molecule has 4 heteroatoms. The first kappa shape index (κ1) is 15.8. The van der Waals surface area contributed by atoms with Crippen molar-refractivity contribution in [2.45, 2.75) is 62.6 Å². The molecule has 0 bridgehead atoms. The van der Waals surface area contributed by atoms with Gasteiger partial charge in [-0.15, -0.1) is 12.4 Å². The summed E-state index contributed by atoms with van der Waals surface area (Å²) in [5, 5.41) is 6.82. The van der Waals surface area contributed by atoms with Gasteiger partial charge in [0.05, 0.1) is 6.04 Å². The van der Waals surface area contributed by atoms with Gasteiger partial charge in [0, 0.05) is 18.0 Å². The maximum Gasteiger partial charge on any atom is 0.237 e. The molecule has 1 aromatic rings. The summed E-state index contributed by atoms with van der Waals surface area (Å²) in [6.45, 7) is 0. The minimum Gasteiger partial charge on any atom is -0.351 e. The van der Waals surface area contributed by atoms with Crippen molar-refractivity contribution in [1.29, 1.82) is 0 Å². The van der Waals surface area contributed by atoms with Gasteiger partial charge in [0.15, 0.2) is 0 Å². The summed E-state index contributed by atoms with van der Waals surface area (Å²) >= 11 is 0. The van der Waals surface area contributed by atoms with Crippen LogP contribution in [0.2, 0.25) is 0 Å². The van der Waals surface area contributed by atoms with Gasteiger partial charge in [0.25, 0.3) is 0 Å². The molecule has 1 aromatic carbocycles. The van der Waals surface area contributed by atoms with Crippen molar-refractivity contribution in [2.24, 2.45) is 5.92 Å². The van der Waals surface area contributed by atoms with Crippen molar-refractivity contribution in [3.63, 3.8) is 0 Å². The molecule has 0 spiro atoms. The highest BCUT2D eigenvalue weighted by atomic mass is 35.5. The fraction of sp³-hybridized carbons (Fsp3) is 0.611. The second-order valence-electron chi connectivity index (χ2n) is 6.97. The average Bonchev–Trinajstić information content (AvgIpc) is 3.14. The van der Waals surface area contributed by atoms with Gasteiger partial charge in [-0.2, -0.15) is 0 Å². The first-order chi connectivity index (χ1) is 10.3. The molecule has 1 amide bonds. The van der Waals surface area contributed by atoms with Crippen molar-refractivity contribution in [1.82, 2.24) is 10.6 Å². The Morgan fingerprint density at radius 3 is 2.64 bits per heavy atom. The Hall–Kier alpha value is -1.06. The van der Waals surface area contributed by atoms with E-state index in [0.29, 0.717) is 18.0 Å². The number of halogens is 1. The fourth-order valence-electron chi connectivity index (χ4n) is 4.23. The van der Waals surface area contributed by atoms with Crippen molar-refractivity contribution in [3.05, 3.63) is 35.9 Å². The van der Waals surface area contributed by atoms with E-state index in [2.05, 4.69) is 34.9 Å². The SMILES string of the molecule is Cl.O=C(NC1CC1c1ccccc1)C1CC2CCCCC2N1. The van der Waals surface area contributed by atoms with Crippen LogP contribution in [0.5, 0.6) is 0 Å². The Kier molecular flexibility index (Phi) is 4.74. The fourth-order valence-corrected chi connectivity index (χ4v) is 4.23. The molecule has 22 heavy (non-hydrogen) atoms. The Balaban J connectivity index is 0.00000144. The van der Waals surface area contributed by atoms with Crippen LogP contribution < -0.4 is 10.6 Å². The maximum absolute atomic E-state index is 12.4. The van der Waals surface area contributed by atoms with E-state index in [1.165, 1.54) is 31.2 Å². The summed E-state index contributed by atoms with van der Waals surface area (Å²) in [7, 11) is 0. The molecular formula is C18H25ClN2O. The van der Waals surface area contributed by atoms with E-state index in [4.69, 9.17) is 0 Å². The summed E-state index contributed by atoms with van der Waals surface area (Å²) in [5.41, 5.74) is 1.36. The predicted molar refractivity (Wildman–Crippen MR) is 90.3 cm³/mol. The van der Waals surface area contributed by atoms with Crippen LogP contribution in [0.15, 0.2) is 30.3 Å². The topological polar surface area (TPSA) is 41.1 Å². The zero-order valence-corrected chi connectivity index (χ0v) is 13.6. The Morgan fingerprint density at radius 2 is 1.86 bits per heavy atom. The molecule has 2 aliphatic carbocycles. The maximum atomic E-state index is 12.4. The van der Waals surface area contributed by atoms with Crippen LogP contribution in [0.4, 0.5) is 0 Å². The highest BCUT2D eigenvalue weighted by Gasteiger charge is 2.43. The molecule has 5 atom stereocenters. The number of benzene rings is 1. The quantitative estimate of drug-likeness (QED) is 0.899. The highest BCUT2D eigenvalue weighted by molar-refractivity contribution is 5.85. The highest BCUT2D eigenvalue weighted by Crippen LogP contribution is 2.41. The van der Waals surface area contributed by atoms with E-state index in [9.17, 15) is 4.79 Å². The van der Waals surface area contributed by atoms with Crippen molar-refractivity contribution >= 4 is 18.3 Å². The number of carbonyl (C=O) groups is 1. The van der Waals surface area contributed by atoms with Crippen molar-refractivity contribution in [2.75, 3.05) is 0 Å². The minimum atomic E-state index is 0. The third-order valence-electron chi connectivity index (χ3n) is 5.53. The number of fused-ring (bicyclic) bond motifs is 1. The molecule has 1 heterocycles. The van der Waals surface area contributed by atoms with E-state index < -0.39 is 0 Å². The lowest BCUT2D eigenvalue weighted by Crippen LogP contribution is -2.44. The molecule has 4 rings (SSSR count). The molecule has 1 saturated heterocycles. The predicted octanol–water partition coefficient (Wildman–Crippen LogP) is 3.00. The Morgan fingerprint density at radius 1 is 1.09 bits per heavy atom. The number of hydrogen-bond acceptors (Lipinski definition) is 2. The minimum absolute atomic E-state index is 0. The van der Waals surface area contributed by atoms with Crippen molar-refractivity contribution < 1.29 is 4.79 Å². The van der Waals surface area contributed by atoms with E-state index >= 15 is 0 Å². The van der Waals surface area contributed by atoms with Crippen LogP contribution >= 0.6 is 12.4 Å². The Bertz CT molecular complexity index is 507. The first-order valence-corrected chi connectivity index (χ1v) is 8.42. The molecule has 3 aliphatic rings. The van der Waals surface area contributed by atoms with Gasteiger partial charge in [-0.05, 0) is 37.2 Å². The molecule has 3 fully saturated rings. The molecular weight excluding hydrogens is 296 g/mol. The summed E-state index contributed by atoms with van der Waals surface area (Å²) in [6, 6.07) is 11.5. The standard InChI is InChI=1S/C18H24N2O.ClH/c21-18(17-10-13-8-4-5-9-15(13)19-17)20-16-11-14(16)12-6-2-1-3-7-12;/h1-3,6-7,13-17,19H,4-5,8-11H2,(H,20,21);1H. The van der Waals surface area contributed by atoms with Gasteiger partial charge in [0.1, 0.15) is 0 Å². The lowest BCUT2D eigenvalue weighted by atomic mass is 9.85. The van der Waals surface area contributed by atoms with Gasteiger partial charge in [-0.1, -0.05) is 43.2 Å². The van der Waals surface area contributed by atoms with Crippen LogP contribution in [0.3, 0.4) is 0 Å². The smallest absolute Gasteiger partial charge is 0.237 e. The normalized spacial score (nSPS) is 36.1. The van der Waals surface area contributed by atoms with Gasteiger partial charge >= 0.3 is 0 Å². The average molecular weight is 321 g/mol. The number of nitrogens with one attached hydrogen (secondary N) is 2. The lowest BCUT2D eigenvalue weighted by molar-refractivity contribution is -0.123. The number of amides is 1. The van der Waals surface area contributed by atoms with Gasteiger partial charge in [0.2, 0.25) is 5.91 Å². The molecule has 0 radical (unpaired) electrons. The summed E-state index contributed by atoms with van der Waals surface area (Å²) < 4.78 is 0. The van der Waals surface area contributed by atoms with Gasteiger partial charge in [-0.3, -0.25) is 4.79 Å². The largest absolute Gasteiger partial charge is 0.351 e. The zero-order valence-electron chi connectivity index (χ0n) is 12.8. The Labute approximate surface area is 138 Å². The second-order valence-corrected chi connectivity index (χ2v) is 6.97. The summed E-state index contributed by atoms with van der Waals surface area (Å²) in [6.07, 6.45) is 7.35. The first-order valence-electron chi connectivity index (χ1n) is 8.42. The van der Waals surface area contributed by atoms with E-state index in [0.717, 1.165) is 18.8 Å². The number of hydrogen-bond donors (Lipinski definition) is 2. The van der Waals surface area contributed by atoms with Crippen LogP contribution in [0, 0.1) is 5.92 Å². The van der Waals surface area contributed by atoms with E-state index in [-0.39, 0.29) is 24.4 Å². The van der Waals surface area contributed by atoms with E-state index in [1.54, 1.807) is 0 Å². The molecule has 0 aromatic heterocycles. The third kappa shape index (κ3) is 3.16. The number of carbonyl (C=O) groups excluding carboxylic acids is 1. The molecule has 2 saturated carbocycles. The van der Waals surface area contributed by atoms with Crippen molar-refractivity contribution in [3.8, 4) is 0 Å².